The van der Waals surface area contributed by atoms with Crippen LogP contribution in [-0.2, 0) is 4.79 Å². The van der Waals surface area contributed by atoms with Gasteiger partial charge in [-0.2, -0.15) is 0 Å². The molecular formula is C19H22ClNO2. The van der Waals surface area contributed by atoms with E-state index in [1.807, 2.05) is 37.3 Å². The molecule has 3 nitrogen and oxygen atoms in total. The quantitative estimate of drug-likeness (QED) is 0.820. The zero-order chi connectivity index (χ0) is 17.0. The van der Waals surface area contributed by atoms with Gasteiger partial charge >= 0.3 is 0 Å². The van der Waals surface area contributed by atoms with Crippen LogP contribution in [0.3, 0.4) is 0 Å². The number of carbonyl (C=O) groups excluding carboxylic acids is 1. The van der Waals surface area contributed by atoms with E-state index in [4.69, 9.17) is 16.3 Å². The van der Waals surface area contributed by atoms with Crippen molar-refractivity contribution in [1.29, 1.82) is 0 Å². The molecule has 0 aliphatic carbocycles. The predicted molar refractivity (Wildman–Crippen MR) is 95.4 cm³/mol. The standard InChI is InChI=1S/C19H22ClNO2/c1-12(2)15-5-8-17(9-6-15)21-19(22)14(4)23-18-10-7-16(20)11-13(18)3/h5-12,14H,1-4H3,(H,21,22). The first kappa shape index (κ1) is 17.4. The maximum atomic E-state index is 12.3. The number of rotatable bonds is 5. The van der Waals surface area contributed by atoms with Gasteiger partial charge in [0.15, 0.2) is 6.10 Å². The van der Waals surface area contributed by atoms with Crippen molar-refractivity contribution < 1.29 is 9.53 Å². The summed E-state index contributed by atoms with van der Waals surface area (Å²) in [6.45, 7) is 7.90. The van der Waals surface area contributed by atoms with Crippen LogP contribution in [0.1, 0.15) is 37.8 Å². The number of anilines is 1. The minimum Gasteiger partial charge on any atom is -0.481 e. The first-order valence-corrected chi connectivity index (χ1v) is 8.08. The Morgan fingerprint density at radius 3 is 2.30 bits per heavy atom. The van der Waals surface area contributed by atoms with Crippen LogP contribution >= 0.6 is 11.6 Å². The molecule has 0 aromatic heterocycles. The van der Waals surface area contributed by atoms with Crippen molar-refractivity contribution in [2.45, 2.75) is 39.7 Å². The summed E-state index contributed by atoms with van der Waals surface area (Å²) in [6.07, 6.45) is -0.598. The second-order valence-electron chi connectivity index (χ2n) is 5.94. The van der Waals surface area contributed by atoms with Crippen LogP contribution in [0.5, 0.6) is 5.75 Å². The van der Waals surface area contributed by atoms with E-state index in [1.165, 1.54) is 5.56 Å². The third-order valence-electron chi connectivity index (χ3n) is 3.65. The van der Waals surface area contributed by atoms with E-state index < -0.39 is 6.10 Å². The molecule has 0 spiro atoms. The normalized spacial score (nSPS) is 12.1. The molecule has 1 atom stereocenters. The maximum absolute atomic E-state index is 12.3. The maximum Gasteiger partial charge on any atom is 0.265 e. The number of carbonyl (C=O) groups is 1. The molecule has 0 saturated carbocycles. The minimum absolute atomic E-state index is 0.184. The van der Waals surface area contributed by atoms with Crippen molar-refractivity contribution >= 4 is 23.2 Å². The molecule has 0 aliphatic rings. The van der Waals surface area contributed by atoms with E-state index in [2.05, 4.69) is 19.2 Å². The Kier molecular flexibility index (Phi) is 5.67. The molecule has 4 heteroatoms. The number of hydrogen-bond acceptors (Lipinski definition) is 2. The second-order valence-corrected chi connectivity index (χ2v) is 6.37. The highest BCUT2D eigenvalue weighted by atomic mass is 35.5. The number of benzene rings is 2. The van der Waals surface area contributed by atoms with Gasteiger partial charge in [-0.3, -0.25) is 4.79 Å². The molecule has 0 bridgehead atoms. The Labute approximate surface area is 142 Å². The average Bonchev–Trinajstić information content (AvgIpc) is 2.50. The summed E-state index contributed by atoms with van der Waals surface area (Å²) in [5.41, 5.74) is 2.91. The fourth-order valence-corrected chi connectivity index (χ4v) is 2.41. The van der Waals surface area contributed by atoms with Crippen LogP contribution in [0.4, 0.5) is 5.69 Å². The summed E-state index contributed by atoms with van der Waals surface area (Å²) in [6, 6.07) is 13.2. The minimum atomic E-state index is -0.598. The number of halogens is 1. The highest BCUT2D eigenvalue weighted by Gasteiger charge is 2.16. The topological polar surface area (TPSA) is 38.3 Å². The summed E-state index contributed by atoms with van der Waals surface area (Å²) >= 11 is 5.92. The fraction of sp³-hybridized carbons (Fsp3) is 0.316. The van der Waals surface area contributed by atoms with Crippen LogP contribution in [0.2, 0.25) is 5.02 Å². The average molecular weight is 332 g/mol. The van der Waals surface area contributed by atoms with Crippen LogP contribution < -0.4 is 10.1 Å². The summed E-state index contributed by atoms with van der Waals surface area (Å²) in [4.78, 5) is 12.3. The second kappa shape index (κ2) is 7.51. The molecule has 0 fully saturated rings. The largest absolute Gasteiger partial charge is 0.481 e. The first-order chi connectivity index (χ1) is 10.9. The third kappa shape index (κ3) is 4.73. The van der Waals surface area contributed by atoms with Gasteiger partial charge in [0.1, 0.15) is 5.75 Å². The Bertz CT molecular complexity index is 680. The van der Waals surface area contributed by atoms with Crippen LogP contribution in [-0.4, -0.2) is 12.0 Å². The molecule has 2 aromatic rings. The number of hydrogen-bond donors (Lipinski definition) is 1. The van der Waals surface area contributed by atoms with Crippen molar-refractivity contribution in [1.82, 2.24) is 0 Å². The van der Waals surface area contributed by atoms with Gasteiger partial charge in [0.05, 0.1) is 0 Å². The molecule has 1 N–H and O–H groups in total. The number of aryl methyl sites for hydroxylation is 1. The SMILES string of the molecule is Cc1cc(Cl)ccc1OC(C)C(=O)Nc1ccc(C(C)C)cc1. The highest BCUT2D eigenvalue weighted by molar-refractivity contribution is 6.30. The fourth-order valence-electron chi connectivity index (χ4n) is 2.18. The Morgan fingerprint density at radius 2 is 1.74 bits per heavy atom. The Morgan fingerprint density at radius 1 is 1.09 bits per heavy atom. The van der Waals surface area contributed by atoms with Crippen LogP contribution in [0.25, 0.3) is 0 Å². The monoisotopic (exact) mass is 331 g/mol. The molecule has 2 rings (SSSR count). The van der Waals surface area contributed by atoms with E-state index in [0.717, 1.165) is 11.3 Å². The van der Waals surface area contributed by atoms with Gasteiger partial charge < -0.3 is 10.1 Å². The molecule has 0 heterocycles. The predicted octanol–water partition coefficient (Wildman–Crippen LogP) is 5.18. The zero-order valence-corrected chi connectivity index (χ0v) is 14.6. The molecule has 2 aromatic carbocycles. The van der Waals surface area contributed by atoms with Gasteiger partial charge in [0.25, 0.3) is 5.91 Å². The molecule has 1 unspecified atom stereocenters. The van der Waals surface area contributed by atoms with E-state index >= 15 is 0 Å². The number of amides is 1. The van der Waals surface area contributed by atoms with Crippen molar-refractivity contribution in [3.8, 4) is 5.75 Å². The van der Waals surface area contributed by atoms with Gasteiger partial charge in [0, 0.05) is 10.7 Å². The van der Waals surface area contributed by atoms with Crippen LogP contribution in [0.15, 0.2) is 42.5 Å². The van der Waals surface area contributed by atoms with E-state index in [0.29, 0.717) is 16.7 Å². The van der Waals surface area contributed by atoms with Crippen LogP contribution in [0, 0.1) is 6.92 Å². The van der Waals surface area contributed by atoms with Gasteiger partial charge in [-0.25, -0.2) is 0 Å². The first-order valence-electron chi connectivity index (χ1n) is 7.70. The van der Waals surface area contributed by atoms with Crippen molar-refractivity contribution in [3.05, 3.63) is 58.6 Å². The zero-order valence-electron chi connectivity index (χ0n) is 13.9. The molecule has 0 aliphatic heterocycles. The summed E-state index contributed by atoms with van der Waals surface area (Å²) < 4.78 is 5.73. The lowest BCUT2D eigenvalue weighted by Gasteiger charge is -2.16. The molecule has 1 amide bonds. The van der Waals surface area contributed by atoms with Crippen molar-refractivity contribution in [3.63, 3.8) is 0 Å². The molecular weight excluding hydrogens is 310 g/mol. The highest BCUT2D eigenvalue weighted by Crippen LogP contribution is 2.23. The Balaban J connectivity index is 1.99. The molecule has 0 saturated heterocycles. The van der Waals surface area contributed by atoms with Crippen molar-refractivity contribution in [2.75, 3.05) is 5.32 Å². The van der Waals surface area contributed by atoms with E-state index in [-0.39, 0.29) is 5.91 Å². The summed E-state index contributed by atoms with van der Waals surface area (Å²) in [5, 5.41) is 3.52. The molecule has 0 radical (unpaired) electrons. The smallest absolute Gasteiger partial charge is 0.265 e. The lowest BCUT2D eigenvalue weighted by Crippen LogP contribution is -2.30. The molecule has 23 heavy (non-hydrogen) atoms. The lowest BCUT2D eigenvalue weighted by molar-refractivity contribution is -0.122. The van der Waals surface area contributed by atoms with Gasteiger partial charge in [-0.1, -0.05) is 37.6 Å². The van der Waals surface area contributed by atoms with E-state index in [1.54, 1.807) is 19.1 Å². The summed E-state index contributed by atoms with van der Waals surface area (Å²) in [7, 11) is 0. The Hall–Kier alpha value is -2.00. The lowest BCUT2D eigenvalue weighted by atomic mass is 10.0. The third-order valence-corrected chi connectivity index (χ3v) is 3.89. The van der Waals surface area contributed by atoms with Crippen molar-refractivity contribution in [2.24, 2.45) is 0 Å². The number of nitrogens with one attached hydrogen (secondary N) is 1. The van der Waals surface area contributed by atoms with Gasteiger partial charge in [0.2, 0.25) is 0 Å². The van der Waals surface area contributed by atoms with Gasteiger partial charge in [-0.05, 0) is 61.2 Å². The van der Waals surface area contributed by atoms with E-state index in [9.17, 15) is 4.79 Å². The molecule has 122 valence electrons. The summed E-state index contributed by atoms with van der Waals surface area (Å²) in [5.74, 6) is 0.943. The number of ether oxygens (including phenoxy) is 1. The van der Waals surface area contributed by atoms with Gasteiger partial charge in [-0.15, -0.1) is 0 Å².